The third-order valence-electron chi connectivity index (χ3n) is 1.97. The monoisotopic (exact) mass is 267 g/mol. The maximum Gasteiger partial charge on any atom is 0.245 e. The van der Waals surface area contributed by atoms with Crippen LogP contribution in [0, 0.1) is 0 Å². The fourth-order valence-electron chi connectivity index (χ4n) is 1.25. The van der Waals surface area contributed by atoms with E-state index in [0.29, 0.717) is 0 Å². The van der Waals surface area contributed by atoms with Crippen LogP contribution in [0.25, 0.3) is 0 Å². The zero-order valence-corrected chi connectivity index (χ0v) is 11.5. The molecular formula is C13H17NO3S. The normalized spacial score (nSPS) is 12.6. The molecule has 0 unspecified atom stereocenters. The van der Waals surface area contributed by atoms with Gasteiger partial charge in [-0.2, -0.15) is 0 Å². The van der Waals surface area contributed by atoms with Crippen molar-refractivity contribution in [2.75, 3.05) is 0 Å². The van der Waals surface area contributed by atoms with E-state index in [1.807, 2.05) is 20.8 Å². The number of carbonyl (C=O) groups is 1. The highest BCUT2D eigenvalue weighted by atomic mass is 32.2. The number of carbonyl (C=O) groups excluding carboxylic acids is 1. The van der Waals surface area contributed by atoms with Crippen molar-refractivity contribution < 1.29 is 13.2 Å². The number of rotatable bonds is 3. The lowest BCUT2D eigenvalue weighted by molar-refractivity contribution is -0.117. The molecule has 5 heteroatoms. The number of sulfone groups is 1. The van der Waals surface area contributed by atoms with Gasteiger partial charge in [0.1, 0.15) is 0 Å². The first-order valence-electron chi connectivity index (χ1n) is 5.51. The van der Waals surface area contributed by atoms with Crippen LogP contribution in [0.5, 0.6) is 0 Å². The van der Waals surface area contributed by atoms with Gasteiger partial charge in [0, 0.05) is 17.0 Å². The molecule has 0 bridgehead atoms. The maximum absolute atomic E-state index is 11.8. The average molecular weight is 267 g/mol. The van der Waals surface area contributed by atoms with Gasteiger partial charge < -0.3 is 5.32 Å². The molecule has 1 rings (SSSR count). The third-order valence-corrected chi connectivity index (χ3v) is 3.39. The Hall–Kier alpha value is -1.62. The molecule has 4 nitrogen and oxygen atoms in total. The molecule has 0 heterocycles. The van der Waals surface area contributed by atoms with E-state index >= 15 is 0 Å². The summed E-state index contributed by atoms with van der Waals surface area (Å²) < 4.78 is 23.7. The van der Waals surface area contributed by atoms with Crippen LogP contribution in [0.4, 0.5) is 0 Å². The van der Waals surface area contributed by atoms with Crippen molar-refractivity contribution in [3.63, 3.8) is 0 Å². The van der Waals surface area contributed by atoms with Gasteiger partial charge >= 0.3 is 0 Å². The summed E-state index contributed by atoms with van der Waals surface area (Å²) in [6.45, 7) is 5.47. The molecule has 0 spiro atoms. The van der Waals surface area contributed by atoms with Gasteiger partial charge in [-0.15, -0.1) is 0 Å². The standard InChI is InChI=1S/C13H17NO3S/c1-13(2,3)14-12(15)9-10-18(16,17)11-7-5-4-6-8-11/h4-10H,1-3H3,(H,14,15). The predicted octanol–water partition coefficient (Wildman–Crippen LogP) is 1.89. The van der Waals surface area contributed by atoms with E-state index in [1.165, 1.54) is 12.1 Å². The summed E-state index contributed by atoms with van der Waals surface area (Å²) in [5.41, 5.74) is -0.391. The van der Waals surface area contributed by atoms with Gasteiger partial charge in [-0.05, 0) is 32.9 Å². The molecule has 0 aromatic heterocycles. The summed E-state index contributed by atoms with van der Waals surface area (Å²) in [6, 6.07) is 7.98. The van der Waals surface area contributed by atoms with E-state index in [4.69, 9.17) is 0 Å². The number of hydrogen-bond acceptors (Lipinski definition) is 3. The second-order valence-electron chi connectivity index (χ2n) is 4.90. The number of amides is 1. The van der Waals surface area contributed by atoms with E-state index < -0.39 is 21.3 Å². The van der Waals surface area contributed by atoms with E-state index in [2.05, 4.69) is 5.32 Å². The minimum absolute atomic E-state index is 0.171. The zero-order chi connectivity index (χ0) is 13.8. The first-order valence-corrected chi connectivity index (χ1v) is 7.06. The lowest BCUT2D eigenvalue weighted by atomic mass is 10.1. The highest BCUT2D eigenvalue weighted by Crippen LogP contribution is 2.11. The molecule has 18 heavy (non-hydrogen) atoms. The largest absolute Gasteiger partial charge is 0.348 e. The van der Waals surface area contributed by atoms with Crippen LogP contribution in [-0.2, 0) is 14.6 Å². The smallest absolute Gasteiger partial charge is 0.245 e. The third kappa shape index (κ3) is 4.71. The summed E-state index contributed by atoms with van der Waals surface area (Å²) >= 11 is 0. The van der Waals surface area contributed by atoms with Crippen molar-refractivity contribution in [1.82, 2.24) is 5.32 Å². The number of nitrogens with one attached hydrogen (secondary N) is 1. The van der Waals surface area contributed by atoms with Crippen molar-refractivity contribution >= 4 is 15.7 Å². The van der Waals surface area contributed by atoms with Crippen molar-refractivity contribution in [3.8, 4) is 0 Å². The molecule has 0 atom stereocenters. The van der Waals surface area contributed by atoms with Gasteiger partial charge in [0.25, 0.3) is 0 Å². The fourth-order valence-corrected chi connectivity index (χ4v) is 2.25. The Labute approximate surface area is 108 Å². The van der Waals surface area contributed by atoms with E-state index in [0.717, 1.165) is 11.5 Å². The van der Waals surface area contributed by atoms with Gasteiger partial charge in [0.2, 0.25) is 5.91 Å². The molecule has 0 aliphatic heterocycles. The lowest BCUT2D eigenvalue weighted by Gasteiger charge is -2.18. The van der Waals surface area contributed by atoms with Gasteiger partial charge in [-0.1, -0.05) is 18.2 Å². The zero-order valence-electron chi connectivity index (χ0n) is 10.7. The SMILES string of the molecule is CC(C)(C)NC(=O)C=CS(=O)(=O)c1ccccc1. The van der Waals surface area contributed by atoms with Gasteiger partial charge in [-0.25, -0.2) is 8.42 Å². The summed E-state index contributed by atoms with van der Waals surface area (Å²) in [5, 5.41) is 3.57. The molecule has 0 aliphatic carbocycles. The molecule has 0 fully saturated rings. The topological polar surface area (TPSA) is 63.2 Å². The Morgan fingerprint density at radius 3 is 2.22 bits per heavy atom. The van der Waals surface area contributed by atoms with Crippen molar-refractivity contribution in [3.05, 3.63) is 41.8 Å². The molecule has 98 valence electrons. The Morgan fingerprint density at radius 1 is 1.17 bits per heavy atom. The molecule has 1 aromatic rings. The minimum atomic E-state index is -3.55. The Kier molecular flexibility index (Phi) is 4.29. The number of hydrogen-bond donors (Lipinski definition) is 1. The maximum atomic E-state index is 11.8. The van der Waals surface area contributed by atoms with E-state index in [1.54, 1.807) is 18.2 Å². The Bertz CT molecular complexity index is 539. The first-order chi connectivity index (χ1) is 8.21. The molecule has 1 aromatic carbocycles. The van der Waals surface area contributed by atoms with Crippen LogP contribution >= 0.6 is 0 Å². The number of benzene rings is 1. The van der Waals surface area contributed by atoms with Crippen LogP contribution in [0.15, 0.2) is 46.7 Å². The van der Waals surface area contributed by atoms with Crippen LogP contribution in [-0.4, -0.2) is 19.9 Å². The quantitative estimate of drug-likeness (QED) is 0.851. The minimum Gasteiger partial charge on any atom is -0.348 e. The molecule has 0 saturated heterocycles. The molecular weight excluding hydrogens is 250 g/mol. The van der Waals surface area contributed by atoms with Gasteiger partial charge in [0.15, 0.2) is 9.84 Å². The van der Waals surface area contributed by atoms with Crippen LogP contribution < -0.4 is 5.32 Å². The van der Waals surface area contributed by atoms with Crippen LogP contribution in [0.2, 0.25) is 0 Å². The highest BCUT2D eigenvalue weighted by molar-refractivity contribution is 7.94. The summed E-state index contributed by atoms with van der Waals surface area (Å²) in [7, 11) is -3.55. The van der Waals surface area contributed by atoms with Crippen LogP contribution in [0.1, 0.15) is 20.8 Å². The summed E-state index contributed by atoms with van der Waals surface area (Å²) in [5.74, 6) is -0.429. The van der Waals surface area contributed by atoms with E-state index in [-0.39, 0.29) is 4.90 Å². The van der Waals surface area contributed by atoms with Crippen molar-refractivity contribution in [2.24, 2.45) is 0 Å². The van der Waals surface area contributed by atoms with Crippen LogP contribution in [0.3, 0.4) is 0 Å². The highest BCUT2D eigenvalue weighted by Gasteiger charge is 2.13. The van der Waals surface area contributed by atoms with E-state index in [9.17, 15) is 13.2 Å². The van der Waals surface area contributed by atoms with Gasteiger partial charge in [-0.3, -0.25) is 4.79 Å². The fraction of sp³-hybridized carbons (Fsp3) is 0.308. The molecule has 0 radical (unpaired) electrons. The molecule has 1 amide bonds. The summed E-state index contributed by atoms with van der Waals surface area (Å²) in [4.78, 5) is 11.6. The lowest BCUT2D eigenvalue weighted by Crippen LogP contribution is -2.39. The van der Waals surface area contributed by atoms with Crippen molar-refractivity contribution in [2.45, 2.75) is 31.2 Å². The van der Waals surface area contributed by atoms with Gasteiger partial charge in [0.05, 0.1) is 4.90 Å². The molecule has 0 aliphatic rings. The Morgan fingerprint density at radius 2 is 1.72 bits per heavy atom. The predicted molar refractivity (Wildman–Crippen MR) is 70.7 cm³/mol. The molecule has 1 N–H and O–H groups in total. The second-order valence-corrected chi connectivity index (χ2v) is 6.73. The summed E-state index contributed by atoms with van der Waals surface area (Å²) in [6.07, 6.45) is 1.04. The molecule has 0 saturated carbocycles. The van der Waals surface area contributed by atoms with Crippen molar-refractivity contribution in [1.29, 1.82) is 0 Å². The second kappa shape index (κ2) is 5.35. The Balaban J connectivity index is 2.82. The average Bonchev–Trinajstić information content (AvgIpc) is 2.26. The first kappa shape index (κ1) is 14.4.